The zero-order valence-electron chi connectivity index (χ0n) is 12.9. The van der Waals surface area contributed by atoms with Gasteiger partial charge in [0, 0.05) is 18.5 Å². The highest BCUT2D eigenvalue weighted by Crippen LogP contribution is 2.32. The Morgan fingerprint density at radius 3 is 2.76 bits per heavy atom. The van der Waals surface area contributed by atoms with E-state index in [2.05, 4.69) is 31.1 Å². The molecule has 5 heteroatoms. The Balaban J connectivity index is 2.13. The van der Waals surface area contributed by atoms with Crippen LogP contribution in [0.15, 0.2) is 28.8 Å². The van der Waals surface area contributed by atoms with Crippen molar-refractivity contribution in [3.05, 3.63) is 36.1 Å². The Bertz CT molecular complexity index is 603. The lowest BCUT2D eigenvalue weighted by molar-refractivity contribution is 0.405. The van der Waals surface area contributed by atoms with E-state index in [1.807, 2.05) is 0 Å². The summed E-state index contributed by atoms with van der Waals surface area (Å²) < 4.78 is 24.8. The molecule has 0 aliphatic carbocycles. The fourth-order valence-corrected chi connectivity index (χ4v) is 2.00. The van der Waals surface area contributed by atoms with E-state index in [0.29, 0.717) is 29.4 Å². The molecule has 0 unspecified atom stereocenters. The van der Waals surface area contributed by atoms with Gasteiger partial charge >= 0.3 is 0 Å². The second kappa shape index (κ2) is 6.26. The maximum absolute atomic E-state index is 14.0. The highest BCUT2D eigenvalue weighted by molar-refractivity contribution is 5.65. The van der Waals surface area contributed by atoms with Crippen LogP contribution in [0, 0.1) is 5.82 Å². The summed E-state index contributed by atoms with van der Waals surface area (Å²) in [6, 6.07) is 4.67. The van der Waals surface area contributed by atoms with Gasteiger partial charge in [0.25, 0.3) is 0 Å². The molecule has 2 rings (SSSR count). The number of methoxy groups -OCH3 is 1. The van der Waals surface area contributed by atoms with E-state index in [1.165, 1.54) is 19.4 Å². The quantitative estimate of drug-likeness (QED) is 0.917. The summed E-state index contributed by atoms with van der Waals surface area (Å²) in [5, 5.41) is 3.35. The number of ether oxygens (including phenoxy) is 1. The lowest BCUT2D eigenvalue weighted by atomic mass is 10.1. The standard InChI is InChI=1S/C16H21FN2O2/c1-16(2,3)19-9-8-14-18-10-13(21-14)15-11(17)6-5-7-12(15)20-4/h5-7,10,19H,8-9H2,1-4H3. The first-order valence-electron chi connectivity index (χ1n) is 6.93. The van der Waals surface area contributed by atoms with Gasteiger partial charge < -0.3 is 14.5 Å². The minimum atomic E-state index is -0.384. The van der Waals surface area contributed by atoms with Gasteiger partial charge in [0.15, 0.2) is 11.7 Å². The van der Waals surface area contributed by atoms with Crippen LogP contribution in [0.4, 0.5) is 4.39 Å². The van der Waals surface area contributed by atoms with Gasteiger partial charge in [-0.15, -0.1) is 0 Å². The van der Waals surface area contributed by atoms with Crippen LogP contribution in [0.25, 0.3) is 11.3 Å². The molecule has 0 saturated heterocycles. The summed E-state index contributed by atoms with van der Waals surface area (Å²) in [5.74, 6) is 1.01. The summed E-state index contributed by atoms with van der Waals surface area (Å²) in [6.45, 7) is 7.03. The third-order valence-corrected chi connectivity index (χ3v) is 2.99. The molecule has 2 aromatic rings. The van der Waals surface area contributed by atoms with E-state index in [-0.39, 0.29) is 11.4 Å². The Kier molecular flexibility index (Phi) is 4.63. The molecule has 0 atom stereocenters. The molecule has 4 nitrogen and oxygen atoms in total. The van der Waals surface area contributed by atoms with Gasteiger partial charge in [-0.25, -0.2) is 9.37 Å². The van der Waals surface area contributed by atoms with E-state index in [4.69, 9.17) is 9.15 Å². The fourth-order valence-electron chi connectivity index (χ4n) is 2.00. The third kappa shape index (κ3) is 4.04. The largest absolute Gasteiger partial charge is 0.496 e. The maximum Gasteiger partial charge on any atom is 0.196 e. The van der Waals surface area contributed by atoms with Crippen LogP contribution in [0.5, 0.6) is 5.75 Å². The number of hydrogen-bond donors (Lipinski definition) is 1. The second-order valence-corrected chi connectivity index (χ2v) is 5.86. The number of halogens is 1. The molecule has 0 saturated carbocycles. The number of benzene rings is 1. The number of rotatable bonds is 5. The predicted octanol–water partition coefficient (Wildman–Crippen LogP) is 3.42. The highest BCUT2D eigenvalue weighted by Gasteiger charge is 2.16. The molecule has 1 heterocycles. The normalized spacial score (nSPS) is 11.7. The van der Waals surface area contributed by atoms with Crippen molar-refractivity contribution in [1.29, 1.82) is 0 Å². The lowest BCUT2D eigenvalue weighted by Gasteiger charge is -2.19. The van der Waals surface area contributed by atoms with E-state index in [0.717, 1.165) is 6.54 Å². The van der Waals surface area contributed by atoms with Crippen molar-refractivity contribution >= 4 is 0 Å². The number of nitrogens with one attached hydrogen (secondary N) is 1. The monoisotopic (exact) mass is 292 g/mol. The van der Waals surface area contributed by atoms with Gasteiger partial charge in [0.2, 0.25) is 0 Å². The van der Waals surface area contributed by atoms with Gasteiger partial charge in [0.05, 0.1) is 18.9 Å². The van der Waals surface area contributed by atoms with Crippen LogP contribution in [-0.4, -0.2) is 24.2 Å². The van der Waals surface area contributed by atoms with Crippen molar-refractivity contribution in [2.24, 2.45) is 0 Å². The molecule has 0 aliphatic rings. The van der Waals surface area contributed by atoms with Crippen molar-refractivity contribution in [3.63, 3.8) is 0 Å². The van der Waals surface area contributed by atoms with Crippen LogP contribution in [0.2, 0.25) is 0 Å². The van der Waals surface area contributed by atoms with Crippen molar-refractivity contribution in [2.75, 3.05) is 13.7 Å². The molecule has 1 aromatic carbocycles. The number of aromatic nitrogens is 1. The Morgan fingerprint density at radius 1 is 1.33 bits per heavy atom. The highest BCUT2D eigenvalue weighted by atomic mass is 19.1. The summed E-state index contributed by atoms with van der Waals surface area (Å²) in [4.78, 5) is 4.20. The SMILES string of the molecule is COc1cccc(F)c1-c1cnc(CCNC(C)(C)C)o1. The van der Waals surface area contributed by atoms with Crippen LogP contribution in [0.1, 0.15) is 26.7 Å². The molecular weight excluding hydrogens is 271 g/mol. The zero-order chi connectivity index (χ0) is 15.5. The Hall–Kier alpha value is -1.88. The van der Waals surface area contributed by atoms with E-state index < -0.39 is 0 Å². The first-order chi connectivity index (χ1) is 9.90. The van der Waals surface area contributed by atoms with Crippen LogP contribution >= 0.6 is 0 Å². The van der Waals surface area contributed by atoms with Gasteiger partial charge in [-0.3, -0.25) is 0 Å². The molecule has 1 N–H and O–H groups in total. The maximum atomic E-state index is 14.0. The zero-order valence-corrected chi connectivity index (χ0v) is 12.9. The molecule has 1 aromatic heterocycles. The Labute approximate surface area is 124 Å². The van der Waals surface area contributed by atoms with Crippen LogP contribution in [-0.2, 0) is 6.42 Å². The Morgan fingerprint density at radius 2 is 2.10 bits per heavy atom. The van der Waals surface area contributed by atoms with E-state index in [1.54, 1.807) is 12.1 Å². The summed E-state index contributed by atoms with van der Waals surface area (Å²) in [7, 11) is 1.50. The summed E-state index contributed by atoms with van der Waals surface area (Å²) in [6.07, 6.45) is 2.18. The first kappa shape index (κ1) is 15.5. The fraction of sp³-hybridized carbons (Fsp3) is 0.438. The lowest BCUT2D eigenvalue weighted by Crippen LogP contribution is -2.37. The van der Waals surface area contributed by atoms with Gasteiger partial charge in [0.1, 0.15) is 11.6 Å². The molecule has 0 radical (unpaired) electrons. The third-order valence-electron chi connectivity index (χ3n) is 2.99. The molecule has 0 aliphatic heterocycles. The minimum absolute atomic E-state index is 0.0458. The van der Waals surface area contributed by atoms with Crippen LogP contribution < -0.4 is 10.1 Å². The smallest absolute Gasteiger partial charge is 0.196 e. The molecule has 0 amide bonds. The topological polar surface area (TPSA) is 47.3 Å². The molecular formula is C16H21FN2O2. The minimum Gasteiger partial charge on any atom is -0.496 e. The number of hydrogen-bond acceptors (Lipinski definition) is 4. The van der Waals surface area contributed by atoms with E-state index >= 15 is 0 Å². The molecule has 0 spiro atoms. The molecule has 0 bridgehead atoms. The van der Waals surface area contributed by atoms with Crippen molar-refractivity contribution < 1.29 is 13.5 Å². The van der Waals surface area contributed by atoms with Crippen molar-refractivity contribution in [3.8, 4) is 17.1 Å². The average molecular weight is 292 g/mol. The summed E-state index contributed by atoms with van der Waals surface area (Å²) in [5.41, 5.74) is 0.354. The molecule has 21 heavy (non-hydrogen) atoms. The van der Waals surface area contributed by atoms with Gasteiger partial charge in [-0.05, 0) is 32.9 Å². The second-order valence-electron chi connectivity index (χ2n) is 5.86. The first-order valence-corrected chi connectivity index (χ1v) is 6.93. The predicted molar refractivity (Wildman–Crippen MR) is 79.9 cm³/mol. The number of nitrogens with zero attached hydrogens (tertiary/aromatic N) is 1. The van der Waals surface area contributed by atoms with E-state index in [9.17, 15) is 4.39 Å². The van der Waals surface area contributed by atoms with Crippen LogP contribution in [0.3, 0.4) is 0 Å². The average Bonchev–Trinajstić information content (AvgIpc) is 2.85. The number of oxazole rings is 1. The summed E-state index contributed by atoms with van der Waals surface area (Å²) >= 11 is 0. The van der Waals surface area contributed by atoms with Gasteiger partial charge in [-0.2, -0.15) is 0 Å². The molecule has 0 fully saturated rings. The molecule has 114 valence electrons. The van der Waals surface area contributed by atoms with Crippen molar-refractivity contribution in [2.45, 2.75) is 32.7 Å². The van der Waals surface area contributed by atoms with Gasteiger partial charge in [-0.1, -0.05) is 6.07 Å². The van der Waals surface area contributed by atoms with Crippen molar-refractivity contribution in [1.82, 2.24) is 10.3 Å².